The summed E-state index contributed by atoms with van der Waals surface area (Å²) in [5.41, 5.74) is 0. The van der Waals surface area contributed by atoms with Crippen molar-refractivity contribution in [1.29, 1.82) is 0 Å². The zero-order valence-corrected chi connectivity index (χ0v) is 10.1. The van der Waals surface area contributed by atoms with Crippen LogP contribution in [0.15, 0.2) is 0 Å². The fourth-order valence-corrected chi connectivity index (χ4v) is 1.92. The molecule has 0 saturated carbocycles. The number of nitrogens with one attached hydrogen (secondary N) is 2. The number of carbonyl (C=O) groups excluding carboxylic acids is 1. The maximum Gasteiger partial charge on any atom is 0.237 e. The fourth-order valence-electron chi connectivity index (χ4n) is 1.92. The quantitative estimate of drug-likeness (QED) is 0.627. The molecule has 0 aromatic carbocycles. The Hall–Kier alpha value is -1.05. The van der Waals surface area contributed by atoms with Crippen molar-refractivity contribution >= 4 is 5.91 Å². The Balaban J connectivity index is 2.17. The first-order valence-electron chi connectivity index (χ1n) is 5.76. The Morgan fingerprint density at radius 3 is 3.00 bits per heavy atom. The third-order valence-corrected chi connectivity index (χ3v) is 2.96. The van der Waals surface area contributed by atoms with Gasteiger partial charge in [-0.15, -0.1) is 6.42 Å². The van der Waals surface area contributed by atoms with E-state index in [4.69, 9.17) is 6.42 Å². The van der Waals surface area contributed by atoms with Gasteiger partial charge in [-0.25, -0.2) is 0 Å². The van der Waals surface area contributed by atoms with Crippen molar-refractivity contribution in [3.05, 3.63) is 0 Å². The minimum absolute atomic E-state index is 0.0238. The molecule has 1 fully saturated rings. The van der Waals surface area contributed by atoms with Gasteiger partial charge in [-0.05, 0) is 39.4 Å². The van der Waals surface area contributed by atoms with Crippen molar-refractivity contribution in [2.24, 2.45) is 5.92 Å². The van der Waals surface area contributed by atoms with Crippen LogP contribution in [0.1, 0.15) is 13.3 Å². The molecule has 1 aliphatic heterocycles. The number of rotatable bonds is 5. The number of carbonyl (C=O) groups is 1. The number of likely N-dealkylation sites (tertiary alicyclic amines) is 1. The minimum Gasteiger partial charge on any atom is -0.344 e. The first kappa shape index (κ1) is 13.0. The Labute approximate surface area is 97.8 Å². The second-order valence-corrected chi connectivity index (χ2v) is 4.47. The molecule has 0 bridgehead atoms. The fraction of sp³-hybridized carbons (Fsp3) is 0.750. The molecule has 4 heteroatoms. The lowest BCUT2D eigenvalue weighted by Crippen LogP contribution is -2.44. The van der Waals surface area contributed by atoms with Gasteiger partial charge in [0.15, 0.2) is 0 Å². The third-order valence-electron chi connectivity index (χ3n) is 2.96. The van der Waals surface area contributed by atoms with E-state index in [9.17, 15) is 4.79 Å². The summed E-state index contributed by atoms with van der Waals surface area (Å²) in [5, 5.41) is 5.91. The molecule has 0 radical (unpaired) electrons. The van der Waals surface area contributed by atoms with Crippen LogP contribution in [0.2, 0.25) is 0 Å². The first-order chi connectivity index (χ1) is 7.63. The second kappa shape index (κ2) is 6.51. The van der Waals surface area contributed by atoms with Gasteiger partial charge >= 0.3 is 0 Å². The van der Waals surface area contributed by atoms with Gasteiger partial charge in [0.1, 0.15) is 0 Å². The molecule has 1 rings (SSSR count). The van der Waals surface area contributed by atoms with E-state index in [1.165, 1.54) is 6.42 Å². The predicted octanol–water partition coefficient (Wildman–Crippen LogP) is -0.334. The van der Waals surface area contributed by atoms with Crippen molar-refractivity contribution in [3.8, 4) is 12.3 Å². The SMILES string of the molecule is C#CCNC(=O)C(C)NCC1CCN(C)C1. The average Bonchev–Trinajstić information content (AvgIpc) is 2.68. The molecule has 2 atom stereocenters. The summed E-state index contributed by atoms with van der Waals surface area (Å²) in [6.45, 7) is 5.34. The van der Waals surface area contributed by atoms with Gasteiger partial charge in [-0.2, -0.15) is 0 Å². The predicted molar refractivity (Wildman–Crippen MR) is 64.9 cm³/mol. The molecule has 2 unspecified atom stereocenters. The molecule has 4 nitrogen and oxygen atoms in total. The van der Waals surface area contributed by atoms with E-state index in [0.717, 1.165) is 19.6 Å². The van der Waals surface area contributed by atoms with Crippen LogP contribution in [0.4, 0.5) is 0 Å². The Morgan fingerprint density at radius 2 is 2.44 bits per heavy atom. The van der Waals surface area contributed by atoms with E-state index in [0.29, 0.717) is 12.5 Å². The largest absolute Gasteiger partial charge is 0.344 e. The van der Waals surface area contributed by atoms with Gasteiger partial charge in [0.05, 0.1) is 12.6 Å². The first-order valence-corrected chi connectivity index (χ1v) is 5.76. The monoisotopic (exact) mass is 223 g/mol. The van der Waals surface area contributed by atoms with E-state index >= 15 is 0 Å². The standard InChI is InChI=1S/C12H21N3O/c1-4-6-13-12(16)10(2)14-8-11-5-7-15(3)9-11/h1,10-11,14H,5-9H2,2-3H3,(H,13,16). The molecule has 0 aromatic rings. The van der Waals surface area contributed by atoms with Crippen LogP contribution in [0.5, 0.6) is 0 Å². The van der Waals surface area contributed by atoms with Crippen LogP contribution < -0.4 is 10.6 Å². The van der Waals surface area contributed by atoms with E-state index in [1.807, 2.05) is 6.92 Å². The van der Waals surface area contributed by atoms with Crippen LogP contribution in [-0.4, -0.2) is 50.1 Å². The lowest BCUT2D eigenvalue weighted by atomic mass is 10.1. The number of nitrogens with zero attached hydrogens (tertiary/aromatic N) is 1. The molecular formula is C12H21N3O. The number of terminal acetylenes is 1. The smallest absolute Gasteiger partial charge is 0.237 e. The zero-order valence-electron chi connectivity index (χ0n) is 10.1. The van der Waals surface area contributed by atoms with Crippen molar-refractivity contribution in [2.75, 3.05) is 33.2 Å². The molecular weight excluding hydrogens is 202 g/mol. The molecule has 0 aromatic heterocycles. The van der Waals surface area contributed by atoms with Crippen LogP contribution in [0, 0.1) is 18.3 Å². The van der Waals surface area contributed by atoms with Crippen molar-refractivity contribution in [3.63, 3.8) is 0 Å². The highest BCUT2D eigenvalue weighted by Crippen LogP contribution is 2.12. The highest BCUT2D eigenvalue weighted by Gasteiger charge is 2.20. The molecule has 1 amide bonds. The topological polar surface area (TPSA) is 44.4 Å². The molecule has 2 N–H and O–H groups in total. The number of amides is 1. The summed E-state index contributed by atoms with van der Waals surface area (Å²) in [5.74, 6) is 3.03. The summed E-state index contributed by atoms with van der Waals surface area (Å²) < 4.78 is 0. The van der Waals surface area contributed by atoms with E-state index in [-0.39, 0.29) is 11.9 Å². The van der Waals surface area contributed by atoms with Crippen LogP contribution >= 0.6 is 0 Å². The number of hydrogen-bond acceptors (Lipinski definition) is 3. The van der Waals surface area contributed by atoms with Crippen LogP contribution in [0.25, 0.3) is 0 Å². The van der Waals surface area contributed by atoms with E-state index in [2.05, 4.69) is 28.5 Å². The average molecular weight is 223 g/mol. The van der Waals surface area contributed by atoms with Gasteiger partial charge < -0.3 is 15.5 Å². The molecule has 0 aliphatic carbocycles. The summed E-state index contributed by atoms with van der Waals surface area (Å²) in [4.78, 5) is 13.8. The summed E-state index contributed by atoms with van der Waals surface area (Å²) in [7, 11) is 2.13. The molecule has 0 spiro atoms. The summed E-state index contributed by atoms with van der Waals surface area (Å²) >= 11 is 0. The molecule has 1 saturated heterocycles. The van der Waals surface area contributed by atoms with Gasteiger partial charge in [0, 0.05) is 6.54 Å². The lowest BCUT2D eigenvalue weighted by Gasteiger charge is -2.16. The van der Waals surface area contributed by atoms with Crippen molar-refractivity contribution in [2.45, 2.75) is 19.4 Å². The molecule has 16 heavy (non-hydrogen) atoms. The zero-order chi connectivity index (χ0) is 12.0. The minimum atomic E-state index is -0.167. The van der Waals surface area contributed by atoms with Crippen LogP contribution in [-0.2, 0) is 4.79 Å². The van der Waals surface area contributed by atoms with Gasteiger partial charge in [0.2, 0.25) is 5.91 Å². The Kier molecular flexibility index (Phi) is 5.30. The lowest BCUT2D eigenvalue weighted by molar-refractivity contribution is -0.122. The molecule has 90 valence electrons. The van der Waals surface area contributed by atoms with Crippen molar-refractivity contribution < 1.29 is 4.79 Å². The van der Waals surface area contributed by atoms with Gasteiger partial charge in [-0.1, -0.05) is 5.92 Å². The maximum atomic E-state index is 11.5. The number of hydrogen-bond donors (Lipinski definition) is 2. The van der Waals surface area contributed by atoms with Crippen LogP contribution in [0.3, 0.4) is 0 Å². The highest BCUT2D eigenvalue weighted by molar-refractivity contribution is 5.81. The highest BCUT2D eigenvalue weighted by atomic mass is 16.2. The van der Waals surface area contributed by atoms with Gasteiger partial charge in [-0.3, -0.25) is 4.79 Å². The molecule has 1 heterocycles. The summed E-state index contributed by atoms with van der Waals surface area (Å²) in [6, 6.07) is -0.167. The molecule has 1 aliphatic rings. The van der Waals surface area contributed by atoms with Gasteiger partial charge in [0.25, 0.3) is 0 Å². The van der Waals surface area contributed by atoms with Crippen molar-refractivity contribution in [1.82, 2.24) is 15.5 Å². The Bertz CT molecular complexity index is 272. The maximum absolute atomic E-state index is 11.5. The third kappa shape index (κ3) is 4.21. The Morgan fingerprint density at radius 1 is 1.69 bits per heavy atom. The van der Waals surface area contributed by atoms with E-state index < -0.39 is 0 Å². The second-order valence-electron chi connectivity index (χ2n) is 4.47. The normalized spacial score (nSPS) is 22.7. The summed E-state index contributed by atoms with van der Waals surface area (Å²) in [6.07, 6.45) is 6.29. The van der Waals surface area contributed by atoms with E-state index in [1.54, 1.807) is 0 Å².